The van der Waals surface area contributed by atoms with Crippen molar-refractivity contribution >= 4 is 27.6 Å². The second-order valence-corrected chi connectivity index (χ2v) is 9.09. The number of pyridine rings is 1. The van der Waals surface area contributed by atoms with Crippen LogP contribution in [-0.2, 0) is 4.74 Å². The summed E-state index contributed by atoms with van der Waals surface area (Å²) in [5, 5.41) is 3.44. The Morgan fingerprint density at radius 2 is 1.67 bits per heavy atom. The smallest absolute Gasteiger partial charge is 0.253 e. The van der Waals surface area contributed by atoms with E-state index in [1.165, 1.54) is 16.3 Å². The van der Waals surface area contributed by atoms with Gasteiger partial charge in [-0.25, -0.2) is 0 Å². The predicted molar refractivity (Wildman–Crippen MR) is 132 cm³/mol. The lowest BCUT2D eigenvalue weighted by Crippen LogP contribution is -2.57. The minimum Gasteiger partial charge on any atom is -0.378 e. The number of ether oxygens (including phenoxy) is 1. The Hall–Kier alpha value is -3.28. The first kappa shape index (κ1) is 20.3. The van der Waals surface area contributed by atoms with E-state index >= 15 is 0 Å². The van der Waals surface area contributed by atoms with Gasteiger partial charge in [0.1, 0.15) is 0 Å². The predicted octanol–water partition coefficient (Wildman–Crippen LogP) is 4.52. The van der Waals surface area contributed by atoms with Crippen LogP contribution in [0.15, 0.2) is 66.7 Å². The number of aryl methyl sites for hydroxylation is 1. The highest BCUT2D eigenvalue weighted by Crippen LogP contribution is 2.34. The molecule has 5 nitrogen and oxygen atoms in total. The molecule has 0 aliphatic carbocycles. The van der Waals surface area contributed by atoms with Crippen LogP contribution in [0.25, 0.3) is 32.8 Å². The molecule has 2 aliphatic rings. The van der Waals surface area contributed by atoms with Crippen LogP contribution < -0.4 is 0 Å². The highest BCUT2D eigenvalue weighted by atomic mass is 16.5. The normalized spacial score (nSPS) is 17.4. The van der Waals surface area contributed by atoms with Crippen LogP contribution in [0.4, 0.5) is 0 Å². The SMILES string of the molecule is Cc1cc(-c2cccc3ccccc23)c2cc(C(=O)N3CCN(C4COC4)CC3)ccc2n1. The number of piperazine rings is 1. The molecule has 0 bridgehead atoms. The van der Waals surface area contributed by atoms with E-state index in [0.717, 1.165) is 67.1 Å². The Kier molecular flexibility index (Phi) is 5.08. The van der Waals surface area contributed by atoms with Gasteiger partial charge in [-0.15, -0.1) is 0 Å². The molecule has 0 N–H and O–H groups in total. The Bertz CT molecular complexity index is 1350. The van der Waals surface area contributed by atoms with E-state index in [1.54, 1.807) is 0 Å². The van der Waals surface area contributed by atoms with E-state index < -0.39 is 0 Å². The Morgan fingerprint density at radius 3 is 2.45 bits per heavy atom. The van der Waals surface area contributed by atoms with Gasteiger partial charge in [0, 0.05) is 42.8 Å². The average Bonchev–Trinajstić information content (AvgIpc) is 2.82. The van der Waals surface area contributed by atoms with E-state index in [4.69, 9.17) is 9.72 Å². The molecule has 166 valence electrons. The van der Waals surface area contributed by atoms with Crippen LogP contribution in [0.1, 0.15) is 16.1 Å². The summed E-state index contributed by atoms with van der Waals surface area (Å²) in [6, 6.07) is 23.5. The summed E-state index contributed by atoms with van der Waals surface area (Å²) in [4.78, 5) is 22.6. The highest BCUT2D eigenvalue weighted by molar-refractivity contribution is 6.07. The monoisotopic (exact) mass is 437 g/mol. The van der Waals surface area contributed by atoms with Crippen molar-refractivity contribution in [3.05, 3.63) is 78.0 Å². The molecule has 6 rings (SSSR count). The summed E-state index contributed by atoms with van der Waals surface area (Å²) < 4.78 is 5.33. The first-order chi connectivity index (χ1) is 16.2. The highest BCUT2D eigenvalue weighted by Gasteiger charge is 2.30. The fourth-order valence-electron chi connectivity index (χ4n) is 5.08. The van der Waals surface area contributed by atoms with Gasteiger partial charge >= 0.3 is 0 Å². The van der Waals surface area contributed by atoms with Gasteiger partial charge in [-0.2, -0.15) is 0 Å². The van der Waals surface area contributed by atoms with Gasteiger partial charge in [-0.3, -0.25) is 14.7 Å². The molecule has 5 heteroatoms. The van der Waals surface area contributed by atoms with Crippen molar-refractivity contribution in [2.24, 2.45) is 0 Å². The Morgan fingerprint density at radius 1 is 0.879 bits per heavy atom. The lowest BCUT2D eigenvalue weighted by molar-refractivity contribution is -0.0746. The topological polar surface area (TPSA) is 45.7 Å². The molecule has 0 atom stereocenters. The number of benzene rings is 3. The van der Waals surface area contributed by atoms with Gasteiger partial charge in [0.25, 0.3) is 5.91 Å². The number of rotatable bonds is 3. The molecule has 4 aromatic rings. The summed E-state index contributed by atoms with van der Waals surface area (Å²) in [7, 11) is 0. The molecule has 0 saturated carbocycles. The van der Waals surface area contributed by atoms with Crippen LogP contribution in [0, 0.1) is 6.92 Å². The summed E-state index contributed by atoms with van der Waals surface area (Å²) in [5.74, 6) is 0.103. The number of hydrogen-bond acceptors (Lipinski definition) is 4. The summed E-state index contributed by atoms with van der Waals surface area (Å²) in [6.07, 6.45) is 0. The number of aromatic nitrogens is 1. The molecule has 0 unspecified atom stereocenters. The fourth-order valence-corrected chi connectivity index (χ4v) is 5.08. The van der Waals surface area contributed by atoms with Crippen molar-refractivity contribution < 1.29 is 9.53 Å². The molecule has 0 radical (unpaired) electrons. The molecule has 33 heavy (non-hydrogen) atoms. The van der Waals surface area contributed by atoms with Crippen molar-refractivity contribution in [1.29, 1.82) is 0 Å². The number of nitrogens with zero attached hydrogens (tertiary/aromatic N) is 3. The van der Waals surface area contributed by atoms with Crippen molar-refractivity contribution in [3.8, 4) is 11.1 Å². The van der Waals surface area contributed by atoms with Crippen molar-refractivity contribution in [3.63, 3.8) is 0 Å². The Balaban J connectivity index is 1.37. The van der Waals surface area contributed by atoms with Gasteiger partial charge in [0.15, 0.2) is 0 Å². The zero-order chi connectivity index (χ0) is 22.4. The van der Waals surface area contributed by atoms with E-state index in [-0.39, 0.29) is 5.91 Å². The number of amides is 1. The lowest BCUT2D eigenvalue weighted by atomic mass is 9.94. The van der Waals surface area contributed by atoms with Gasteiger partial charge in [-0.1, -0.05) is 42.5 Å². The summed E-state index contributed by atoms with van der Waals surface area (Å²) >= 11 is 0. The first-order valence-electron chi connectivity index (χ1n) is 11.7. The molecule has 3 heterocycles. The van der Waals surface area contributed by atoms with E-state index in [2.05, 4.69) is 53.4 Å². The van der Waals surface area contributed by atoms with E-state index in [0.29, 0.717) is 6.04 Å². The number of carbonyl (C=O) groups is 1. The second-order valence-electron chi connectivity index (χ2n) is 9.09. The molecule has 0 spiro atoms. The first-order valence-corrected chi connectivity index (χ1v) is 11.7. The molecule has 1 amide bonds. The van der Waals surface area contributed by atoms with Crippen molar-refractivity contribution in [2.75, 3.05) is 39.4 Å². The average molecular weight is 438 g/mol. The molecule has 2 aliphatic heterocycles. The lowest BCUT2D eigenvalue weighted by Gasteiger charge is -2.42. The van der Waals surface area contributed by atoms with Crippen LogP contribution in [0.3, 0.4) is 0 Å². The van der Waals surface area contributed by atoms with Crippen LogP contribution in [0.2, 0.25) is 0 Å². The second kappa shape index (κ2) is 8.25. The molecule has 3 aromatic carbocycles. The number of hydrogen-bond donors (Lipinski definition) is 0. The van der Waals surface area contributed by atoms with Crippen molar-refractivity contribution in [2.45, 2.75) is 13.0 Å². The maximum absolute atomic E-state index is 13.4. The minimum atomic E-state index is 0.103. The van der Waals surface area contributed by atoms with Crippen LogP contribution in [-0.4, -0.2) is 66.1 Å². The summed E-state index contributed by atoms with van der Waals surface area (Å²) in [5.41, 5.74) is 4.92. The van der Waals surface area contributed by atoms with E-state index in [9.17, 15) is 4.79 Å². The standard InChI is InChI=1S/C28H27N3O2/c1-19-15-25(24-8-4-6-20-5-2-3-7-23(20)24)26-16-21(9-10-27(26)29-19)28(32)31-13-11-30(12-14-31)22-17-33-18-22/h2-10,15-16,22H,11-14,17-18H2,1H3. The number of fused-ring (bicyclic) bond motifs is 2. The maximum Gasteiger partial charge on any atom is 0.253 e. The Labute approximate surface area is 193 Å². The molecule has 2 saturated heterocycles. The third kappa shape index (κ3) is 3.67. The van der Waals surface area contributed by atoms with Crippen molar-refractivity contribution in [1.82, 2.24) is 14.8 Å². The minimum absolute atomic E-state index is 0.103. The molecular weight excluding hydrogens is 410 g/mol. The zero-order valence-electron chi connectivity index (χ0n) is 18.8. The van der Waals surface area contributed by atoms with E-state index in [1.807, 2.05) is 30.0 Å². The zero-order valence-corrected chi connectivity index (χ0v) is 18.8. The van der Waals surface area contributed by atoms with Gasteiger partial charge in [-0.05, 0) is 53.1 Å². The number of carbonyl (C=O) groups excluding carboxylic acids is 1. The fraction of sp³-hybridized carbons (Fsp3) is 0.286. The largest absolute Gasteiger partial charge is 0.378 e. The molecule has 2 fully saturated rings. The molecular formula is C28H27N3O2. The maximum atomic E-state index is 13.4. The van der Waals surface area contributed by atoms with Gasteiger partial charge in [0.2, 0.25) is 0 Å². The third-order valence-electron chi connectivity index (χ3n) is 7.00. The van der Waals surface area contributed by atoms with Gasteiger partial charge in [0.05, 0.1) is 24.8 Å². The van der Waals surface area contributed by atoms with Crippen LogP contribution >= 0.6 is 0 Å². The van der Waals surface area contributed by atoms with Crippen LogP contribution in [0.5, 0.6) is 0 Å². The molecule has 1 aromatic heterocycles. The third-order valence-corrected chi connectivity index (χ3v) is 7.00. The quantitative estimate of drug-likeness (QED) is 0.473. The van der Waals surface area contributed by atoms with Gasteiger partial charge < -0.3 is 9.64 Å². The summed E-state index contributed by atoms with van der Waals surface area (Å²) in [6.45, 7) is 7.01.